The van der Waals surface area contributed by atoms with E-state index in [0.717, 1.165) is 11.3 Å². The molecule has 1 amide bonds. The molecule has 0 saturated carbocycles. The number of amides is 1. The van der Waals surface area contributed by atoms with E-state index in [1.54, 1.807) is 19.1 Å². The van der Waals surface area contributed by atoms with Gasteiger partial charge >= 0.3 is 0 Å². The van der Waals surface area contributed by atoms with Gasteiger partial charge in [0, 0.05) is 45.2 Å². The molecule has 2 unspecified atom stereocenters. The highest BCUT2D eigenvalue weighted by atomic mass is 32.2. The second kappa shape index (κ2) is 11.2. The van der Waals surface area contributed by atoms with Gasteiger partial charge in [0.25, 0.3) is 0 Å². The minimum Gasteiger partial charge on any atom is -0.392 e. The molecular weight excluding hydrogens is 466 g/mol. The van der Waals surface area contributed by atoms with Gasteiger partial charge in [-0.2, -0.15) is 9.57 Å². The third kappa shape index (κ3) is 6.38. The average molecular weight is 500 g/mol. The summed E-state index contributed by atoms with van der Waals surface area (Å²) in [4.78, 5) is 14.1. The number of nitrogens with one attached hydrogen (secondary N) is 2. The quantitative estimate of drug-likeness (QED) is 0.509. The van der Waals surface area contributed by atoms with Crippen LogP contribution in [0.15, 0.2) is 47.4 Å². The van der Waals surface area contributed by atoms with Crippen LogP contribution < -0.4 is 15.5 Å². The third-order valence-electron chi connectivity index (χ3n) is 5.86. The highest BCUT2D eigenvalue weighted by Gasteiger charge is 2.39. The Morgan fingerprint density at radius 1 is 1.20 bits per heavy atom. The molecule has 0 spiro atoms. The van der Waals surface area contributed by atoms with Gasteiger partial charge in [-0.3, -0.25) is 4.79 Å². The average Bonchev–Trinajstić information content (AvgIpc) is 2.78. The van der Waals surface area contributed by atoms with Gasteiger partial charge in [-0.1, -0.05) is 12.1 Å². The minimum atomic E-state index is -3.79. The molecule has 1 aliphatic heterocycles. The number of sulfonamides is 1. The SMILES string of the molecule is CC(=O)Nc1cc(CNC[C@H](C)O)ccc1N1CC(C)N(S(=O)(=O)c2cccc(C#N)c2)C(C)C1. The molecule has 1 saturated heterocycles. The highest BCUT2D eigenvalue weighted by molar-refractivity contribution is 7.89. The van der Waals surface area contributed by atoms with Crippen molar-refractivity contribution < 1.29 is 18.3 Å². The number of nitrogens with zero attached hydrogens (tertiary/aromatic N) is 3. The lowest BCUT2D eigenvalue weighted by molar-refractivity contribution is -0.114. The zero-order chi connectivity index (χ0) is 25.8. The largest absolute Gasteiger partial charge is 0.392 e. The molecule has 9 nitrogen and oxygen atoms in total. The van der Waals surface area contributed by atoms with Crippen LogP contribution in [0.25, 0.3) is 0 Å². The molecule has 0 aromatic heterocycles. The van der Waals surface area contributed by atoms with Gasteiger partial charge in [0.1, 0.15) is 0 Å². The van der Waals surface area contributed by atoms with Gasteiger partial charge in [-0.25, -0.2) is 8.42 Å². The van der Waals surface area contributed by atoms with E-state index in [4.69, 9.17) is 0 Å². The van der Waals surface area contributed by atoms with Crippen LogP contribution in [-0.4, -0.2) is 61.6 Å². The summed E-state index contributed by atoms with van der Waals surface area (Å²) >= 11 is 0. The van der Waals surface area contributed by atoms with Gasteiger partial charge in [0.2, 0.25) is 15.9 Å². The summed E-state index contributed by atoms with van der Waals surface area (Å²) < 4.78 is 28.4. The first-order valence-electron chi connectivity index (χ1n) is 11.6. The minimum absolute atomic E-state index is 0.108. The van der Waals surface area contributed by atoms with Gasteiger partial charge in [-0.15, -0.1) is 0 Å². The molecule has 1 aliphatic rings. The van der Waals surface area contributed by atoms with Crippen LogP contribution >= 0.6 is 0 Å². The summed E-state index contributed by atoms with van der Waals surface area (Å²) in [6.07, 6.45) is -0.456. The van der Waals surface area contributed by atoms with E-state index < -0.39 is 16.1 Å². The summed E-state index contributed by atoms with van der Waals surface area (Å²) in [5.74, 6) is -0.194. The van der Waals surface area contributed by atoms with E-state index >= 15 is 0 Å². The van der Waals surface area contributed by atoms with Crippen molar-refractivity contribution in [2.24, 2.45) is 0 Å². The van der Waals surface area contributed by atoms with Crippen LogP contribution in [0.3, 0.4) is 0 Å². The molecule has 3 rings (SSSR count). The lowest BCUT2D eigenvalue weighted by atomic mass is 10.1. The first kappa shape index (κ1) is 26.6. The van der Waals surface area contributed by atoms with Crippen LogP contribution in [0, 0.1) is 11.3 Å². The van der Waals surface area contributed by atoms with Crippen LogP contribution in [0.4, 0.5) is 11.4 Å². The van der Waals surface area contributed by atoms with Crippen LogP contribution in [0.2, 0.25) is 0 Å². The zero-order valence-corrected chi connectivity index (χ0v) is 21.3. The third-order valence-corrected chi connectivity index (χ3v) is 7.98. The van der Waals surface area contributed by atoms with Gasteiger partial charge in [-0.05, 0) is 56.7 Å². The van der Waals surface area contributed by atoms with Crippen LogP contribution in [-0.2, 0) is 21.4 Å². The number of anilines is 2. The Balaban J connectivity index is 1.85. The molecule has 2 aromatic carbocycles. The molecule has 3 N–H and O–H groups in total. The number of hydrogen-bond acceptors (Lipinski definition) is 7. The number of nitriles is 1. The van der Waals surface area contributed by atoms with Crippen molar-refractivity contribution in [2.45, 2.75) is 57.3 Å². The first-order chi connectivity index (χ1) is 16.5. The number of benzene rings is 2. The van der Waals surface area contributed by atoms with Crippen molar-refractivity contribution in [3.05, 3.63) is 53.6 Å². The molecule has 0 bridgehead atoms. The number of rotatable bonds is 8. The van der Waals surface area contributed by atoms with Crippen LogP contribution in [0.1, 0.15) is 38.8 Å². The number of aliphatic hydroxyl groups excluding tert-OH is 1. The summed E-state index contributed by atoms with van der Waals surface area (Å²) in [7, 11) is -3.79. The lowest BCUT2D eigenvalue weighted by Crippen LogP contribution is -2.58. The Bertz CT molecular complexity index is 1200. The molecular formula is C25H33N5O4S. The van der Waals surface area contributed by atoms with E-state index in [0.29, 0.717) is 37.4 Å². The van der Waals surface area contributed by atoms with Crippen molar-refractivity contribution in [2.75, 3.05) is 29.9 Å². The van der Waals surface area contributed by atoms with Gasteiger partial charge in [0.05, 0.1) is 34.0 Å². The summed E-state index contributed by atoms with van der Waals surface area (Å²) in [6.45, 7) is 8.76. The molecule has 0 aliphatic carbocycles. The Morgan fingerprint density at radius 3 is 2.49 bits per heavy atom. The molecule has 3 atom stereocenters. The Labute approximate surface area is 207 Å². The fourth-order valence-corrected chi connectivity index (χ4v) is 6.36. The van der Waals surface area contributed by atoms with E-state index in [1.165, 1.54) is 23.4 Å². The number of hydrogen-bond donors (Lipinski definition) is 3. The van der Waals surface area contributed by atoms with E-state index in [1.807, 2.05) is 38.1 Å². The second-order valence-electron chi connectivity index (χ2n) is 9.09. The van der Waals surface area contributed by atoms with E-state index in [9.17, 15) is 23.6 Å². The fourth-order valence-electron chi connectivity index (χ4n) is 4.51. The topological polar surface area (TPSA) is 126 Å². The molecule has 0 radical (unpaired) electrons. The fraction of sp³-hybridized carbons (Fsp3) is 0.440. The normalized spacial score (nSPS) is 19.7. The molecule has 10 heteroatoms. The predicted molar refractivity (Wildman–Crippen MR) is 135 cm³/mol. The predicted octanol–water partition coefficient (Wildman–Crippen LogP) is 2.27. The molecule has 1 fully saturated rings. The summed E-state index contributed by atoms with van der Waals surface area (Å²) in [6, 6.07) is 13.2. The van der Waals surface area contributed by atoms with Crippen LogP contribution in [0.5, 0.6) is 0 Å². The maximum absolute atomic E-state index is 13.4. The number of piperazine rings is 1. The zero-order valence-electron chi connectivity index (χ0n) is 20.5. The van der Waals surface area contributed by atoms with Crippen molar-refractivity contribution in [1.82, 2.24) is 9.62 Å². The Morgan fingerprint density at radius 2 is 1.89 bits per heavy atom. The summed E-state index contributed by atoms with van der Waals surface area (Å²) in [5.41, 5.74) is 2.74. The van der Waals surface area contributed by atoms with Gasteiger partial charge in [0.15, 0.2) is 0 Å². The van der Waals surface area contributed by atoms with Crippen molar-refractivity contribution in [1.29, 1.82) is 5.26 Å². The number of aliphatic hydroxyl groups is 1. The monoisotopic (exact) mass is 499 g/mol. The van der Waals surface area contributed by atoms with Gasteiger partial charge < -0.3 is 20.6 Å². The van der Waals surface area contributed by atoms with E-state index in [-0.39, 0.29) is 22.9 Å². The molecule has 1 heterocycles. The van der Waals surface area contributed by atoms with Crippen molar-refractivity contribution in [3.8, 4) is 6.07 Å². The first-order valence-corrected chi connectivity index (χ1v) is 13.0. The smallest absolute Gasteiger partial charge is 0.243 e. The summed E-state index contributed by atoms with van der Waals surface area (Å²) in [5, 5.41) is 24.7. The second-order valence-corrected chi connectivity index (χ2v) is 10.9. The van der Waals surface area contributed by atoms with Crippen molar-refractivity contribution in [3.63, 3.8) is 0 Å². The lowest BCUT2D eigenvalue weighted by Gasteiger charge is -2.44. The van der Waals surface area contributed by atoms with Crippen molar-refractivity contribution >= 4 is 27.3 Å². The highest BCUT2D eigenvalue weighted by Crippen LogP contribution is 2.33. The molecule has 2 aromatic rings. The van der Waals surface area contributed by atoms with E-state index in [2.05, 4.69) is 15.5 Å². The maximum atomic E-state index is 13.4. The maximum Gasteiger partial charge on any atom is 0.243 e. The number of carbonyl (C=O) groups excluding carboxylic acids is 1. The Hall–Kier alpha value is -2.97. The Kier molecular flexibility index (Phi) is 8.51. The molecule has 188 valence electrons. The standard InChI is InChI=1S/C25H33N5O4S/c1-17-15-29(16-18(2)30(17)35(33,34)23-7-5-6-21(10-23)12-26)25-9-8-22(14-27-13-19(3)31)11-24(25)28-20(4)32/h5-11,17-19,27,31H,13-16H2,1-4H3,(H,28,32)/t17?,18?,19-/m0/s1. The molecule has 35 heavy (non-hydrogen) atoms. The number of carbonyl (C=O) groups is 1.